The summed E-state index contributed by atoms with van der Waals surface area (Å²) in [7, 11) is 0. The minimum Gasteiger partial charge on any atom is -0.347 e. The topological polar surface area (TPSA) is 58.2 Å². The first-order valence-electron chi connectivity index (χ1n) is 7.37. The molecule has 1 atom stereocenters. The number of hydrogen-bond acceptors (Lipinski definition) is 2. The Morgan fingerprint density at radius 3 is 2.43 bits per heavy atom. The zero-order valence-corrected chi connectivity index (χ0v) is 14.7. The lowest BCUT2D eigenvalue weighted by Gasteiger charge is -2.13. The van der Waals surface area contributed by atoms with E-state index in [2.05, 4.69) is 26.6 Å². The monoisotopic (exact) mass is 374 g/mol. The summed E-state index contributed by atoms with van der Waals surface area (Å²) in [4.78, 5) is 23.9. The van der Waals surface area contributed by atoms with Crippen LogP contribution in [0.3, 0.4) is 0 Å². The molecule has 0 aliphatic carbocycles. The lowest BCUT2D eigenvalue weighted by molar-refractivity contribution is -0.136. The maximum Gasteiger partial charge on any atom is 0.313 e. The van der Waals surface area contributed by atoms with Gasteiger partial charge in [-0.15, -0.1) is 0 Å². The molecule has 0 heterocycles. The summed E-state index contributed by atoms with van der Waals surface area (Å²) >= 11 is 3.37. The van der Waals surface area contributed by atoms with Gasteiger partial charge < -0.3 is 10.6 Å². The molecule has 4 nitrogen and oxygen atoms in total. The predicted octanol–water partition coefficient (Wildman–Crippen LogP) is 3.62. The van der Waals surface area contributed by atoms with Gasteiger partial charge in [0, 0.05) is 11.0 Å². The molecule has 2 rings (SSSR count). The molecule has 0 unspecified atom stereocenters. The first-order valence-corrected chi connectivity index (χ1v) is 8.17. The fourth-order valence-electron chi connectivity index (χ4n) is 2.13. The maximum absolute atomic E-state index is 12.0. The van der Waals surface area contributed by atoms with Gasteiger partial charge >= 0.3 is 11.8 Å². The van der Waals surface area contributed by atoms with E-state index in [4.69, 9.17) is 0 Å². The van der Waals surface area contributed by atoms with Crippen molar-refractivity contribution in [2.45, 2.75) is 19.8 Å². The summed E-state index contributed by atoms with van der Waals surface area (Å²) in [5.74, 6) is -1.17. The highest BCUT2D eigenvalue weighted by Gasteiger charge is 2.16. The van der Waals surface area contributed by atoms with Crippen molar-refractivity contribution in [3.63, 3.8) is 0 Å². The maximum atomic E-state index is 12.0. The highest BCUT2D eigenvalue weighted by molar-refractivity contribution is 9.10. The lowest BCUT2D eigenvalue weighted by atomic mass is 10.0. The number of hydrogen-bond donors (Lipinski definition) is 2. The van der Waals surface area contributed by atoms with E-state index in [1.807, 2.05) is 56.3 Å². The van der Waals surface area contributed by atoms with E-state index in [1.54, 1.807) is 6.07 Å². The van der Waals surface area contributed by atoms with Crippen LogP contribution >= 0.6 is 15.9 Å². The fourth-order valence-corrected chi connectivity index (χ4v) is 2.72. The van der Waals surface area contributed by atoms with Gasteiger partial charge in [-0.25, -0.2) is 0 Å². The SMILES string of the molecule is Cc1ccc(NC(=O)C(=O)NC[C@H](C)c2ccccc2)c(Br)c1. The van der Waals surface area contributed by atoms with Crippen molar-refractivity contribution < 1.29 is 9.59 Å². The van der Waals surface area contributed by atoms with Crippen LogP contribution in [0.1, 0.15) is 24.0 Å². The summed E-state index contributed by atoms with van der Waals surface area (Å²) in [6, 6.07) is 15.4. The molecule has 0 aromatic heterocycles. The number of benzene rings is 2. The van der Waals surface area contributed by atoms with Crippen molar-refractivity contribution in [1.82, 2.24) is 5.32 Å². The number of rotatable bonds is 4. The smallest absolute Gasteiger partial charge is 0.313 e. The first-order chi connectivity index (χ1) is 11.0. The van der Waals surface area contributed by atoms with Gasteiger partial charge in [0.25, 0.3) is 0 Å². The molecule has 23 heavy (non-hydrogen) atoms. The Labute approximate surface area is 144 Å². The summed E-state index contributed by atoms with van der Waals surface area (Å²) in [5, 5.41) is 5.27. The Morgan fingerprint density at radius 2 is 1.78 bits per heavy atom. The van der Waals surface area contributed by atoms with Gasteiger partial charge in [0.1, 0.15) is 0 Å². The largest absolute Gasteiger partial charge is 0.347 e. The van der Waals surface area contributed by atoms with Crippen LogP contribution in [0.4, 0.5) is 5.69 Å². The van der Waals surface area contributed by atoms with Gasteiger partial charge in [0.15, 0.2) is 0 Å². The number of nitrogens with one attached hydrogen (secondary N) is 2. The van der Waals surface area contributed by atoms with Crippen LogP contribution in [0.15, 0.2) is 53.0 Å². The van der Waals surface area contributed by atoms with Crippen LogP contribution in [0.25, 0.3) is 0 Å². The van der Waals surface area contributed by atoms with E-state index in [1.165, 1.54) is 0 Å². The van der Waals surface area contributed by atoms with Gasteiger partial charge in [-0.1, -0.05) is 43.3 Å². The normalized spacial score (nSPS) is 11.6. The molecule has 0 aliphatic rings. The molecule has 0 saturated carbocycles. The van der Waals surface area contributed by atoms with Crippen molar-refractivity contribution in [3.05, 3.63) is 64.1 Å². The van der Waals surface area contributed by atoms with Gasteiger partial charge in [-0.05, 0) is 52.0 Å². The van der Waals surface area contributed by atoms with E-state index < -0.39 is 11.8 Å². The summed E-state index contributed by atoms with van der Waals surface area (Å²) in [5.41, 5.74) is 2.76. The summed E-state index contributed by atoms with van der Waals surface area (Å²) in [6.45, 7) is 4.36. The van der Waals surface area contributed by atoms with E-state index in [0.717, 1.165) is 15.6 Å². The number of amides is 2. The van der Waals surface area contributed by atoms with Crippen molar-refractivity contribution in [2.75, 3.05) is 11.9 Å². The number of carbonyl (C=O) groups excluding carboxylic acids is 2. The third-order valence-corrected chi connectivity index (χ3v) is 4.17. The van der Waals surface area contributed by atoms with Crippen molar-refractivity contribution in [3.8, 4) is 0 Å². The van der Waals surface area contributed by atoms with Crippen molar-refractivity contribution in [2.24, 2.45) is 0 Å². The average molecular weight is 375 g/mol. The Balaban J connectivity index is 1.89. The first kappa shape index (κ1) is 17.2. The number of aryl methyl sites for hydroxylation is 1. The molecule has 2 aromatic carbocycles. The predicted molar refractivity (Wildman–Crippen MR) is 95.4 cm³/mol. The van der Waals surface area contributed by atoms with E-state index >= 15 is 0 Å². The fraction of sp³-hybridized carbons (Fsp3) is 0.222. The second-order valence-electron chi connectivity index (χ2n) is 5.46. The van der Waals surface area contributed by atoms with E-state index in [-0.39, 0.29) is 5.92 Å². The van der Waals surface area contributed by atoms with E-state index in [0.29, 0.717) is 12.2 Å². The Hall–Kier alpha value is -2.14. The van der Waals surface area contributed by atoms with Gasteiger partial charge in [0.2, 0.25) is 0 Å². The molecular formula is C18H19BrN2O2. The second kappa shape index (κ2) is 7.92. The summed E-state index contributed by atoms with van der Waals surface area (Å²) in [6.07, 6.45) is 0. The van der Waals surface area contributed by atoms with Gasteiger partial charge in [0.05, 0.1) is 5.69 Å². The highest BCUT2D eigenvalue weighted by Crippen LogP contribution is 2.23. The van der Waals surface area contributed by atoms with Crippen molar-refractivity contribution in [1.29, 1.82) is 0 Å². The van der Waals surface area contributed by atoms with Gasteiger partial charge in [-0.3, -0.25) is 9.59 Å². The second-order valence-corrected chi connectivity index (χ2v) is 6.31. The van der Waals surface area contributed by atoms with Crippen LogP contribution in [0, 0.1) is 6.92 Å². The molecule has 0 aliphatic heterocycles. The average Bonchev–Trinajstić information content (AvgIpc) is 2.55. The van der Waals surface area contributed by atoms with Crippen LogP contribution in [0.2, 0.25) is 0 Å². The zero-order valence-electron chi connectivity index (χ0n) is 13.1. The number of carbonyl (C=O) groups is 2. The van der Waals surface area contributed by atoms with E-state index in [9.17, 15) is 9.59 Å². The molecule has 0 spiro atoms. The zero-order chi connectivity index (χ0) is 16.8. The molecule has 0 fully saturated rings. The van der Waals surface area contributed by atoms with Crippen LogP contribution in [0.5, 0.6) is 0 Å². The quantitative estimate of drug-likeness (QED) is 0.802. The molecule has 0 bridgehead atoms. The van der Waals surface area contributed by atoms with Crippen molar-refractivity contribution >= 4 is 33.4 Å². The molecule has 5 heteroatoms. The number of anilines is 1. The molecule has 0 radical (unpaired) electrons. The van der Waals surface area contributed by atoms with Crippen LogP contribution in [-0.2, 0) is 9.59 Å². The number of halogens is 1. The Morgan fingerprint density at radius 1 is 1.09 bits per heavy atom. The third kappa shape index (κ3) is 4.93. The van der Waals surface area contributed by atoms with Gasteiger partial charge in [-0.2, -0.15) is 0 Å². The molecule has 120 valence electrons. The van der Waals surface area contributed by atoms with Crippen LogP contribution < -0.4 is 10.6 Å². The standard InChI is InChI=1S/C18H19BrN2O2/c1-12-8-9-16(15(19)10-12)21-18(23)17(22)20-11-13(2)14-6-4-3-5-7-14/h3-10,13H,11H2,1-2H3,(H,20,22)(H,21,23)/t13-/m0/s1. The molecule has 2 amide bonds. The molecular weight excluding hydrogens is 356 g/mol. The minimum absolute atomic E-state index is 0.138. The molecule has 2 aromatic rings. The Bertz CT molecular complexity index is 701. The third-order valence-electron chi connectivity index (χ3n) is 3.52. The molecule has 2 N–H and O–H groups in total. The lowest BCUT2D eigenvalue weighted by Crippen LogP contribution is -2.37. The molecule has 0 saturated heterocycles. The van der Waals surface area contributed by atoms with Crippen LogP contribution in [-0.4, -0.2) is 18.4 Å². The Kier molecular flexibility index (Phi) is 5.93. The summed E-state index contributed by atoms with van der Waals surface area (Å²) < 4.78 is 0.747. The minimum atomic E-state index is -0.671. The highest BCUT2D eigenvalue weighted by atomic mass is 79.9.